The highest BCUT2D eigenvalue weighted by atomic mass is 32.2. The molecule has 2 saturated heterocycles. The number of piperazine rings is 1. The molecule has 2 amide bonds. The predicted octanol–water partition coefficient (Wildman–Crippen LogP) is 6.82. The number of sulfonamides is 1. The summed E-state index contributed by atoms with van der Waals surface area (Å²) in [6.45, 7) is 5.76. The van der Waals surface area contributed by atoms with Gasteiger partial charge < -0.3 is 15.2 Å². The Hall–Kier alpha value is -5.14. The second-order valence-corrected chi connectivity index (χ2v) is 17.0. The summed E-state index contributed by atoms with van der Waals surface area (Å²) in [6, 6.07) is 33.1. The van der Waals surface area contributed by atoms with Crippen LogP contribution in [-0.2, 0) is 21.4 Å². The van der Waals surface area contributed by atoms with E-state index in [1.807, 2.05) is 116 Å². The van der Waals surface area contributed by atoms with E-state index < -0.39 is 10.0 Å². The average molecular weight is 774 g/mol. The fourth-order valence-electron chi connectivity index (χ4n) is 7.79. The van der Waals surface area contributed by atoms with E-state index in [4.69, 9.17) is 4.98 Å². The van der Waals surface area contributed by atoms with Gasteiger partial charge in [-0.3, -0.25) is 19.4 Å². The van der Waals surface area contributed by atoms with Gasteiger partial charge in [0.25, 0.3) is 5.91 Å². The van der Waals surface area contributed by atoms with E-state index in [-0.39, 0.29) is 29.7 Å². The van der Waals surface area contributed by atoms with Crippen LogP contribution < -0.4 is 5.32 Å². The molecule has 3 heterocycles. The number of amides is 2. The van der Waals surface area contributed by atoms with E-state index in [1.165, 1.54) is 0 Å². The van der Waals surface area contributed by atoms with Gasteiger partial charge in [-0.25, -0.2) is 13.4 Å². The van der Waals surface area contributed by atoms with Crippen LogP contribution in [0.5, 0.6) is 0 Å². The molecular formula is C44H51N7O4S. The first-order valence-corrected chi connectivity index (χ1v) is 21.1. The lowest BCUT2D eigenvalue weighted by molar-refractivity contribution is -0.137. The lowest BCUT2D eigenvalue weighted by Gasteiger charge is -2.34. The van der Waals surface area contributed by atoms with Crippen LogP contribution in [0.1, 0.15) is 65.6 Å². The lowest BCUT2D eigenvalue weighted by Crippen LogP contribution is -2.48. The van der Waals surface area contributed by atoms with Crippen molar-refractivity contribution in [1.82, 2.24) is 29.0 Å². The highest BCUT2D eigenvalue weighted by molar-refractivity contribution is 7.89. The van der Waals surface area contributed by atoms with Crippen molar-refractivity contribution in [2.24, 2.45) is 0 Å². The summed E-state index contributed by atoms with van der Waals surface area (Å²) in [5.41, 5.74) is 7.31. The van der Waals surface area contributed by atoms with Crippen molar-refractivity contribution in [3.05, 3.63) is 132 Å². The Morgan fingerprint density at radius 1 is 0.839 bits per heavy atom. The molecule has 2 unspecified atom stereocenters. The van der Waals surface area contributed by atoms with E-state index in [0.717, 1.165) is 58.7 Å². The molecule has 4 aromatic carbocycles. The smallest absolute Gasteiger partial charge is 0.255 e. The number of nitrogens with one attached hydrogen (secondary N) is 2. The fourth-order valence-corrected chi connectivity index (χ4v) is 9.28. The first-order chi connectivity index (χ1) is 27.1. The van der Waals surface area contributed by atoms with Crippen LogP contribution in [-0.4, -0.2) is 102 Å². The fraction of sp³-hybridized carbons (Fsp3) is 0.341. The number of likely N-dealkylation sites (N-methyl/N-ethyl adjacent to an activating group) is 1. The maximum Gasteiger partial charge on any atom is 0.255 e. The summed E-state index contributed by atoms with van der Waals surface area (Å²) in [4.78, 5) is 41.4. The molecule has 56 heavy (non-hydrogen) atoms. The third-order valence-electron chi connectivity index (χ3n) is 10.8. The minimum atomic E-state index is -3.16. The number of aromatic amines is 1. The van der Waals surface area contributed by atoms with E-state index >= 15 is 0 Å². The molecule has 0 saturated carbocycles. The van der Waals surface area contributed by atoms with Gasteiger partial charge in [-0.1, -0.05) is 85.8 Å². The molecule has 0 aliphatic carbocycles. The summed E-state index contributed by atoms with van der Waals surface area (Å²) in [7, 11) is 0.735. The summed E-state index contributed by atoms with van der Waals surface area (Å²) in [5.74, 6) is 0.914. The molecule has 0 bridgehead atoms. The Morgan fingerprint density at radius 2 is 1.48 bits per heavy atom. The number of rotatable bonds is 13. The first kappa shape index (κ1) is 39.1. The lowest BCUT2D eigenvalue weighted by atomic mass is 10.0. The topological polar surface area (TPSA) is 122 Å². The van der Waals surface area contributed by atoms with Gasteiger partial charge >= 0.3 is 0 Å². The van der Waals surface area contributed by atoms with Crippen molar-refractivity contribution >= 4 is 27.5 Å². The number of carbonyl (C=O) groups excluding carboxylic acids is 2. The van der Waals surface area contributed by atoms with Crippen molar-refractivity contribution < 1.29 is 18.0 Å². The molecular weight excluding hydrogens is 723 g/mol. The highest BCUT2D eigenvalue weighted by Gasteiger charge is 2.37. The largest absolute Gasteiger partial charge is 0.340 e. The molecule has 1 aromatic heterocycles. The summed E-state index contributed by atoms with van der Waals surface area (Å²) < 4.78 is 26.4. The molecule has 7 rings (SSSR count). The van der Waals surface area contributed by atoms with Gasteiger partial charge in [-0.05, 0) is 85.4 Å². The van der Waals surface area contributed by atoms with Crippen LogP contribution in [0.2, 0.25) is 0 Å². The van der Waals surface area contributed by atoms with Crippen LogP contribution in [0.15, 0.2) is 109 Å². The second-order valence-electron chi connectivity index (χ2n) is 14.9. The number of likely N-dealkylation sites (tertiary alicyclic amines) is 1. The van der Waals surface area contributed by atoms with Crippen LogP contribution >= 0.6 is 0 Å². The Morgan fingerprint density at radius 3 is 2.12 bits per heavy atom. The molecule has 292 valence electrons. The molecule has 12 heteroatoms. The van der Waals surface area contributed by atoms with E-state index in [9.17, 15) is 18.0 Å². The monoisotopic (exact) mass is 773 g/mol. The van der Waals surface area contributed by atoms with Crippen LogP contribution in [0.3, 0.4) is 0 Å². The quantitative estimate of drug-likeness (QED) is 0.135. The SMILES string of the molecule is CCCS(=O)(=O)N1CCN(Cc2ccc(NC(=O)c3ccc(-c4ccc(-c5cnc(C6CCCN6C(=O)C(c6ccccc6)N(C)C)[nH]5)cc4)cc3)cc2)CC1. The number of carbonyl (C=O) groups is 2. The predicted molar refractivity (Wildman–Crippen MR) is 221 cm³/mol. The number of hydrogen-bond donors (Lipinski definition) is 2. The molecule has 5 aromatic rings. The van der Waals surface area contributed by atoms with E-state index in [2.05, 4.69) is 39.5 Å². The Labute approximate surface area is 330 Å². The summed E-state index contributed by atoms with van der Waals surface area (Å²) in [5, 5.41) is 3.00. The molecule has 11 nitrogen and oxygen atoms in total. The van der Waals surface area contributed by atoms with Gasteiger partial charge in [0, 0.05) is 50.5 Å². The third kappa shape index (κ3) is 8.94. The van der Waals surface area contributed by atoms with Gasteiger partial charge in [0.2, 0.25) is 15.9 Å². The zero-order valence-electron chi connectivity index (χ0n) is 32.4. The van der Waals surface area contributed by atoms with Crippen molar-refractivity contribution in [3.8, 4) is 22.4 Å². The Balaban J connectivity index is 0.926. The molecule has 2 aliphatic heterocycles. The summed E-state index contributed by atoms with van der Waals surface area (Å²) >= 11 is 0. The molecule has 0 spiro atoms. The third-order valence-corrected chi connectivity index (χ3v) is 12.9. The molecule has 2 atom stereocenters. The molecule has 2 N–H and O–H groups in total. The number of hydrogen-bond acceptors (Lipinski definition) is 7. The van der Waals surface area contributed by atoms with E-state index in [1.54, 1.807) is 4.31 Å². The van der Waals surface area contributed by atoms with Crippen LogP contribution in [0.25, 0.3) is 22.4 Å². The maximum absolute atomic E-state index is 13.9. The van der Waals surface area contributed by atoms with E-state index in [0.29, 0.717) is 50.4 Å². The minimum absolute atomic E-state index is 0.0892. The van der Waals surface area contributed by atoms with Crippen molar-refractivity contribution in [2.45, 2.75) is 44.8 Å². The standard InChI is InChI=1S/C44H51N7O4S/c1-4-29-56(54,55)50-27-25-49(26-28-50)31-32-12-22-38(23-13-32)46-43(52)37-20-16-34(17-21-37)33-14-18-35(19-15-33)39-30-45-42(47-39)40-11-8-24-51(40)44(53)41(48(2)3)36-9-6-5-7-10-36/h5-7,9-10,12-23,30,40-41H,4,8,11,24-29,31H2,1-3H3,(H,45,47)(H,46,52). The maximum atomic E-state index is 13.9. The zero-order valence-corrected chi connectivity index (χ0v) is 33.2. The van der Waals surface area contributed by atoms with Crippen LogP contribution in [0, 0.1) is 0 Å². The van der Waals surface area contributed by atoms with Crippen molar-refractivity contribution in [3.63, 3.8) is 0 Å². The normalized spacial score (nSPS) is 17.3. The Kier molecular flexibility index (Phi) is 12.1. The number of benzene rings is 4. The van der Waals surface area contributed by atoms with Crippen molar-refractivity contribution in [1.29, 1.82) is 0 Å². The van der Waals surface area contributed by atoms with Gasteiger partial charge in [0.05, 0.1) is 23.7 Å². The van der Waals surface area contributed by atoms with Gasteiger partial charge in [-0.2, -0.15) is 4.31 Å². The van der Waals surface area contributed by atoms with Crippen LogP contribution in [0.4, 0.5) is 5.69 Å². The number of anilines is 1. The minimum Gasteiger partial charge on any atom is -0.340 e. The number of nitrogens with zero attached hydrogens (tertiary/aromatic N) is 5. The molecule has 0 radical (unpaired) electrons. The molecule has 2 aliphatic rings. The molecule has 2 fully saturated rings. The zero-order chi connectivity index (χ0) is 39.2. The van der Waals surface area contributed by atoms with Crippen molar-refractivity contribution in [2.75, 3.05) is 57.9 Å². The highest BCUT2D eigenvalue weighted by Crippen LogP contribution is 2.35. The average Bonchev–Trinajstić information content (AvgIpc) is 3.90. The van der Waals surface area contributed by atoms with Gasteiger partial charge in [-0.15, -0.1) is 0 Å². The number of aromatic nitrogens is 2. The van der Waals surface area contributed by atoms with Gasteiger partial charge in [0.15, 0.2) is 0 Å². The number of imidazole rings is 1. The van der Waals surface area contributed by atoms with Gasteiger partial charge in [0.1, 0.15) is 11.9 Å². The number of H-pyrrole nitrogens is 1. The summed E-state index contributed by atoms with van der Waals surface area (Å²) in [6.07, 6.45) is 4.27. The Bertz CT molecular complexity index is 2200. The second kappa shape index (κ2) is 17.3. The first-order valence-electron chi connectivity index (χ1n) is 19.5.